The summed E-state index contributed by atoms with van der Waals surface area (Å²) in [6.45, 7) is 1.41. The van der Waals surface area contributed by atoms with E-state index in [4.69, 9.17) is 11.6 Å². The zero-order valence-electron chi connectivity index (χ0n) is 13.3. The van der Waals surface area contributed by atoms with Crippen LogP contribution in [0.15, 0.2) is 53.5 Å². The molecule has 4 rings (SSSR count). The van der Waals surface area contributed by atoms with Crippen molar-refractivity contribution in [1.82, 2.24) is 9.97 Å². The molecule has 0 bridgehead atoms. The number of H-pyrrole nitrogens is 2. The Labute approximate surface area is 147 Å². The van der Waals surface area contributed by atoms with E-state index < -0.39 is 0 Å². The van der Waals surface area contributed by atoms with Crippen molar-refractivity contribution in [3.8, 4) is 11.1 Å². The summed E-state index contributed by atoms with van der Waals surface area (Å²) in [4.78, 5) is 29.9. The Morgan fingerprint density at radius 2 is 1.92 bits per heavy atom. The van der Waals surface area contributed by atoms with Gasteiger partial charge in [-0.3, -0.25) is 9.59 Å². The van der Waals surface area contributed by atoms with Crippen LogP contribution in [0, 0.1) is 0 Å². The van der Waals surface area contributed by atoms with Crippen molar-refractivity contribution in [3.63, 3.8) is 0 Å². The lowest BCUT2D eigenvalue weighted by molar-refractivity contribution is -0.114. The van der Waals surface area contributed by atoms with Crippen molar-refractivity contribution in [2.24, 2.45) is 0 Å². The third kappa shape index (κ3) is 2.58. The first-order chi connectivity index (χ1) is 12.0. The second-order valence-electron chi connectivity index (χ2n) is 5.83. The van der Waals surface area contributed by atoms with Gasteiger partial charge in [-0.1, -0.05) is 35.9 Å². The molecule has 25 heavy (non-hydrogen) atoms. The number of anilines is 1. The fourth-order valence-electron chi connectivity index (χ4n) is 3.02. The van der Waals surface area contributed by atoms with Crippen LogP contribution in [0.5, 0.6) is 0 Å². The Balaban J connectivity index is 1.94. The number of fused-ring (bicyclic) bond motifs is 2. The quantitative estimate of drug-likeness (QED) is 0.504. The topological polar surface area (TPSA) is 77.8 Å². The molecule has 4 aromatic rings. The molecular weight excluding hydrogens is 338 g/mol. The Bertz CT molecular complexity index is 1190. The molecule has 0 aliphatic carbocycles. The van der Waals surface area contributed by atoms with E-state index in [1.54, 1.807) is 6.07 Å². The van der Waals surface area contributed by atoms with Crippen LogP contribution >= 0.6 is 11.6 Å². The average molecular weight is 352 g/mol. The maximum Gasteiger partial charge on any atom is 0.256 e. The van der Waals surface area contributed by atoms with Crippen LogP contribution in [-0.4, -0.2) is 15.9 Å². The van der Waals surface area contributed by atoms with Gasteiger partial charge in [0.15, 0.2) is 0 Å². The van der Waals surface area contributed by atoms with Gasteiger partial charge >= 0.3 is 0 Å². The maximum absolute atomic E-state index is 12.6. The molecule has 0 spiro atoms. The number of aromatic amines is 2. The van der Waals surface area contributed by atoms with E-state index in [1.165, 1.54) is 6.92 Å². The summed E-state index contributed by atoms with van der Waals surface area (Å²) in [6, 6.07) is 13.2. The number of carbonyl (C=O) groups is 1. The van der Waals surface area contributed by atoms with Crippen LogP contribution in [0.25, 0.3) is 32.9 Å². The molecule has 2 heterocycles. The van der Waals surface area contributed by atoms with Crippen LogP contribution in [0.2, 0.25) is 5.02 Å². The molecule has 124 valence electrons. The van der Waals surface area contributed by atoms with E-state index in [9.17, 15) is 9.59 Å². The lowest BCUT2D eigenvalue weighted by Gasteiger charge is -2.09. The highest BCUT2D eigenvalue weighted by atomic mass is 35.5. The predicted octanol–water partition coefficient (Wildman–Crippen LogP) is 4.29. The molecule has 0 saturated heterocycles. The van der Waals surface area contributed by atoms with Gasteiger partial charge < -0.3 is 15.3 Å². The number of para-hydroxylation sites is 1. The standard InChI is InChI=1S/C19H14ClN3O2/c1-10(24)22-16-7-6-11-8-13(19(25)23-18(11)17(16)20)14-9-21-15-5-3-2-4-12(14)15/h2-9,21H,1H3,(H,22,24)(H,23,25). The number of rotatable bonds is 2. The lowest BCUT2D eigenvalue weighted by Crippen LogP contribution is -2.10. The normalized spacial score (nSPS) is 11.1. The number of nitrogens with one attached hydrogen (secondary N) is 3. The van der Waals surface area contributed by atoms with Gasteiger partial charge in [-0.15, -0.1) is 0 Å². The van der Waals surface area contributed by atoms with Gasteiger partial charge in [-0.25, -0.2) is 0 Å². The fraction of sp³-hybridized carbons (Fsp3) is 0.0526. The van der Waals surface area contributed by atoms with E-state index >= 15 is 0 Å². The number of halogens is 1. The Hall–Kier alpha value is -3.05. The monoisotopic (exact) mass is 351 g/mol. The second-order valence-corrected chi connectivity index (χ2v) is 6.21. The molecule has 0 atom stereocenters. The lowest BCUT2D eigenvalue weighted by atomic mass is 10.0. The number of carbonyl (C=O) groups excluding carboxylic acids is 1. The summed E-state index contributed by atoms with van der Waals surface area (Å²) in [7, 11) is 0. The number of hydrogen-bond donors (Lipinski definition) is 3. The van der Waals surface area contributed by atoms with Crippen molar-refractivity contribution in [2.75, 3.05) is 5.32 Å². The van der Waals surface area contributed by atoms with Crippen LogP contribution in [0.4, 0.5) is 5.69 Å². The molecule has 0 radical (unpaired) electrons. The molecule has 5 nitrogen and oxygen atoms in total. The Kier molecular flexibility index (Phi) is 3.58. The molecule has 2 aromatic carbocycles. The molecule has 0 unspecified atom stereocenters. The largest absolute Gasteiger partial charge is 0.361 e. The first kappa shape index (κ1) is 15.5. The van der Waals surface area contributed by atoms with Gasteiger partial charge in [0.2, 0.25) is 5.91 Å². The zero-order valence-corrected chi connectivity index (χ0v) is 14.1. The summed E-state index contributed by atoms with van der Waals surface area (Å²) in [6.07, 6.45) is 1.83. The zero-order chi connectivity index (χ0) is 17.6. The van der Waals surface area contributed by atoms with Crippen LogP contribution in [-0.2, 0) is 4.79 Å². The van der Waals surface area contributed by atoms with Crippen LogP contribution in [0.3, 0.4) is 0 Å². The first-order valence-electron chi connectivity index (χ1n) is 7.74. The van der Waals surface area contributed by atoms with Gasteiger partial charge in [-0.2, -0.15) is 0 Å². The molecule has 6 heteroatoms. The summed E-state index contributed by atoms with van der Waals surface area (Å²) in [5, 5.41) is 4.74. The van der Waals surface area contributed by atoms with Gasteiger partial charge in [0.1, 0.15) is 0 Å². The minimum atomic E-state index is -0.237. The van der Waals surface area contributed by atoms with Crippen LogP contribution in [0.1, 0.15) is 6.92 Å². The van der Waals surface area contributed by atoms with Crippen molar-refractivity contribution < 1.29 is 4.79 Å². The van der Waals surface area contributed by atoms with Crippen molar-refractivity contribution in [1.29, 1.82) is 0 Å². The summed E-state index contributed by atoms with van der Waals surface area (Å²) >= 11 is 6.34. The maximum atomic E-state index is 12.6. The third-order valence-corrected chi connectivity index (χ3v) is 4.54. The predicted molar refractivity (Wildman–Crippen MR) is 101 cm³/mol. The number of hydrogen-bond acceptors (Lipinski definition) is 2. The summed E-state index contributed by atoms with van der Waals surface area (Å²) in [5.74, 6) is -0.223. The van der Waals surface area contributed by atoms with Crippen molar-refractivity contribution >= 4 is 45.0 Å². The smallest absolute Gasteiger partial charge is 0.256 e. The van der Waals surface area contributed by atoms with E-state index in [1.807, 2.05) is 42.6 Å². The minimum Gasteiger partial charge on any atom is -0.361 e. The molecule has 1 amide bonds. The van der Waals surface area contributed by atoms with Gasteiger partial charge in [-0.05, 0) is 18.2 Å². The Morgan fingerprint density at radius 1 is 1.12 bits per heavy atom. The Morgan fingerprint density at radius 3 is 2.72 bits per heavy atom. The molecule has 2 aromatic heterocycles. The first-order valence-corrected chi connectivity index (χ1v) is 8.12. The van der Waals surface area contributed by atoms with Gasteiger partial charge in [0.25, 0.3) is 5.56 Å². The van der Waals surface area contributed by atoms with Crippen molar-refractivity contribution in [3.05, 3.63) is 64.0 Å². The number of amides is 1. The van der Waals surface area contributed by atoms with E-state index in [0.29, 0.717) is 21.8 Å². The van der Waals surface area contributed by atoms with Gasteiger partial charge in [0, 0.05) is 40.5 Å². The van der Waals surface area contributed by atoms with Gasteiger partial charge in [0.05, 0.1) is 16.2 Å². The average Bonchev–Trinajstić information content (AvgIpc) is 3.01. The van der Waals surface area contributed by atoms with Crippen molar-refractivity contribution in [2.45, 2.75) is 6.92 Å². The van der Waals surface area contributed by atoms with Crippen LogP contribution < -0.4 is 10.9 Å². The molecule has 0 aliphatic rings. The third-order valence-electron chi connectivity index (χ3n) is 4.15. The fourth-order valence-corrected chi connectivity index (χ4v) is 3.29. The highest BCUT2D eigenvalue weighted by molar-refractivity contribution is 6.38. The molecule has 3 N–H and O–H groups in total. The molecule has 0 fully saturated rings. The number of benzene rings is 2. The number of pyridine rings is 1. The SMILES string of the molecule is CC(=O)Nc1ccc2cc(-c3c[nH]c4ccccc34)c(=O)[nH]c2c1Cl. The molecule has 0 saturated carbocycles. The summed E-state index contributed by atoms with van der Waals surface area (Å²) in [5.41, 5.74) is 3.10. The molecular formula is C19H14ClN3O2. The summed E-state index contributed by atoms with van der Waals surface area (Å²) < 4.78 is 0. The highest BCUT2D eigenvalue weighted by Gasteiger charge is 2.13. The molecule has 0 aliphatic heterocycles. The van der Waals surface area contributed by atoms with E-state index in [2.05, 4.69) is 15.3 Å². The van der Waals surface area contributed by atoms with E-state index in [-0.39, 0.29) is 11.5 Å². The number of aromatic nitrogens is 2. The van der Waals surface area contributed by atoms with E-state index in [0.717, 1.165) is 21.9 Å². The minimum absolute atomic E-state index is 0.223. The second kappa shape index (κ2) is 5.79. The highest BCUT2D eigenvalue weighted by Crippen LogP contribution is 2.32.